The van der Waals surface area contributed by atoms with E-state index in [0.29, 0.717) is 0 Å². The van der Waals surface area contributed by atoms with Crippen LogP contribution in [0.1, 0.15) is 0 Å². The van der Waals surface area contributed by atoms with E-state index in [1.54, 1.807) is 0 Å². The standard InChI is InChI=1S/C47H30N2OS/c1-2-12-30(13-3-1)32-28-42(49-43(29-32)40-20-11-19-39-36-16-6-9-23-45(36)51-47(39)40)31-24-26-33(27-25-31)48-41-21-7-4-14-34(41)37-17-10-18-38-35-15-5-8-22-44(35)50-46(37)38/h1-29,48H. The molecule has 51 heavy (non-hydrogen) atoms. The number of thiophene rings is 1. The molecule has 0 aliphatic heterocycles. The van der Waals surface area contributed by atoms with E-state index in [9.17, 15) is 0 Å². The summed E-state index contributed by atoms with van der Waals surface area (Å²) in [7, 11) is 0. The highest BCUT2D eigenvalue weighted by molar-refractivity contribution is 7.26. The molecule has 3 aromatic heterocycles. The molecular weight excluding hydrogens is 641 g/mol. The van der Waals surface area contributed by atoms with Gasteiger partial charge in [-0.25, -0.2) is 4.98 Å². The van der Waals surface area contributed by atoms with Crippen molar-refractivity contribution in [2.24, 2.45) is 0 Å². The molecule has 0 aliphatic carbocycles. The summed E-state index contributed by atoms with van der Waals surface area (Å²) in [6.45, 7) is 0. The number of nitrogens with zero attached hydrogens (tertiary/aromatic N) is 1. The minimum atomic E-state index is 0.898. The summed E-state index contributed by atoms with van der Waals surface area (Å²) in [6, 6.07) is 61.8. The number of aromatic nitrogens is 1. The minimum absolute atomic E-state index is 0.898. The van der Waals surface area contributed by atoms with Crippen LogP contribution in [0.5, 0.6) is 0 Å². The van der Waals surface area contributed by atoms with Crippen LogP contribution in [-0.4, -0.2) is 4.98 Å². The average molecular weight is 671 g/mol. The highest BCUT2D eigenvalue weighted by Gasteiger charge is 2.16. The maximum atomic E-state index is 6.40. The Kier molecular flexibility index (Phi) is 7.00. The van der Waals surface area contributed by atoms with Crippen molar-refractivity contribution < 1.29 is 4.42 Å². The Morgan fingerprint density at radius 2 is 1.12 bits per heavy atom. The summed E-state index contributed by atoms with van der Waals surface area (Å²) in [5.74, 6) is 0. The molecule has 3 nitrogen and oxygen atoms in total. The molecule has 7 aromatic carbocycles. The molecule has 240 valence electrons. The third-order valence-corrected chi connectivity index (χ3v) is 10.9. The van der Waals surface area contributed by atoms with Crippen molar-refractivity contribution in [2.75, 3.05) is 5.32 Å². The fraction of sp³-hybridized carbons (Fsp3) is 0. The van der Waals surface area contributed by atoms with Crippen LogP contribution < -0.4 is 5.32 Å². The first-order chi connectivity index (χ1) is 25.3. The summed E-state index contributed by atoms with van der Waals surface area (Å²) in [5, 5.41) is 8.51. The van der Waals surface area contributed by atoms with Crippen LogP contribution in [0.2, 0.25) is 0 Å². The number of benzene rings is 7. The predicted octanol–water partition coefficient (Wildman–Crippen LogP) is 13.8. The first-order valence-corrected chi connectivity index (χ1v) is 17.9. The molecule has 0 bridgehead atoms. The number of hydrogen-bond donors (Lipinski definition) is 1. The highest BCUT2D eigenvalue weighted by Crippen LogP contribution is 2.42. The van der Waals surface area contributed by atoms with E-state index in [0.717, 1.165) is 72.5 Å². The molecule has 1 N–H and O–H groups in total. The molecule has 0 radical (unpaired) electrons. The van der Waals surface area contributed by atoms with E-state index in [1.807, 2.05) is 23.5 Å². The lowest BCUT2D eigenvalue weighted by Gasteiger charge is -2.14. The zero-order valence-corrected chi connectivity index (χ0v) is 28.3. The molecule has 0 atom stereocenters. The highest BCUT2D eigenvalue weighted by atomic mass is 32.1. The van der Waals surface area contributed by atoms with Crippen LogP contribution >= 0.6 is 11.3 Å². The van der Waals surface area contributed by atoms with E-state index in [-0.39, 0.29) is 0 Å². The maximum Gasteiger partial charge on any atom is 0.143 e. The van der Waals surface area contributed by atoms with Crippen molar-refractivity contribution >= 4 is 64.8 Å². The first kappa shape index (κ1) is 29.4. The van der Waals surface area contributed by atoms with E-state index >= 15 is 0 Å². The van der Waals surface area contributed by atoms with Crippen LogP contribution in [0.15, 0.2) is 180 Å². The van der Waals surface area contributed by atoms with Crippen molar-refractivity contribution in [2.45, 2.75) is 0 Å². The minimum Gasteiger partial charge on any atom is -0.455 e. The maximum absolute atomic E-state index is 6.40. The Labute approximate surface area is 299 Å². The van der Waals surface area contributed by atoms with Crippen LogP contribution in [0.4, 0.5) is 11.4 Å². The molecule has 0 saturated carbocycles. The SMILES string of the molecule is c1ccc(-c2cc(-c3ccc(Nc4ccccc4-c4cccc5c4oc4ccccc45)cc3)nc(-c3cccc4c3sc3ccccc34)c2)cc1. The number of furan rings is 1. The first-order valence-electron chi connectivity index (χ1n) is 17.1. The van der Waals surface area contributed by atoms with Gasteiger partial charge in [-0.2, -0.15) is 0 Å². The van der Waals surface area contributed by atoms with Crippen LogP contribution in [-0.2, 0) is 0 Å². The van der Waals surface area contributed by atoms with Crippen molar-refractivity contribution in [3.05, 3.63) is 176 Å². The van der Waals surface area contributed by atoms with Gasteiger partial charge in [-0.1, -0.05) is 133 Å². The second-order valence-electron chi connectivity index (χ2n) is 12.8. The normalized spacial score (nSPS) is 11.5. The summed E-state index contributed by atoms with van der Waals surface area (Å²) >= 11 is 1.84. The molecule has 0 amide bonds. The van der Waals surface area contributed by atoms with Gasteiger partial charge in [-0.15, -0.1) is 11.3 Å². The lowest BCUT2D eigenvalue weighted by molar-refractivity contribution is 0.670. The second-order valence-corrected chi connectivity index (χ2v) is 13.9. The number of anilines is 2. The smallest absolute Gasteiger partial charge is 0.143 e. The Bertz CT molecular complexity index is 2890. The van der Waals surface area contributed by atoms with Gasteiger partial charge in [0.05, 0.1) is 11.4 Å². The number of fused-ring (bicyclic) bond motifs is 6. The van der Waals surface area contributed by atoms with Crippen LogP contribution in [0.3, 0.4) is 0 Å². The third-order valence-electron chi connectivity index (χ3n) is 9.69. The molecule has 10 aromatic rings. The summed E-state index contributed by atoms with van der Waals surface area (Å²) in [6.07, 6.45) is 0. The number of para-hydroxylation sites is 3. The zero-order chi connectivity index (χ0) is 33.7. The average Bonchev–Trinajstić information content (AvgIpc) is 3.77. The van der Waals surface area contributed by atoms with E-state index in [4.69, 9.17) is 9.40 Å². The number of nitrogens with one attached hydrogen (secondary N) is 1. The lowest BCUT2D eigenvalue weighted by atomic mass is 9.99. The monoisotopic (exact) mass is 670 g/mol. The summed E-state index contributed by atoms with van der Waals surface area (Å²) in [4.78, 5) is 5.31. The van der Waals surface area contributed by atoms with Crippen molar-refractivity contribution in [1.82, 2.24) is 4.98 Å². The molecule has 0 aliphatic rings. The van der Waals surface area contributed by atoms with Crippen LogP contribution in [0.25, 0.3) is 86.9 Å². The molecular formula is C47H30N2OS. The van der Waals surface area contributed by atoms with Gasteiger partial charge in [0, 0.05) is 64.6 Å². The van der Waals surface area contributed by atoms with Gasteiger partial charge in [0.15, 0.2) is 0 Å². The Morgan fingerprint density at radius 3 is 2.00 bits per heavy atom. The van der Waals surface area contributed by atoms with Crippen LogP contribution in [0, 0.1) is 0 Å². The Hall–Kier alpha value is -6.49. The van der Waals surface area contributed by atoms with Crippen molar-refractivity contribution in [3.63, 3.8) is 0 Å². The number of hydrogen-bond acceptors (Lipinski definition) is 4. The fourth-order valence-corrected chi connectivity index (χ4v) is 8.45. The van der Waals surface area contributed by atoms with Gasteiger partial charge in [0.2, 0.25) is 0 Å². The van der Waals surface area contributed by atoms with Gasteiger partial charge in [-0.3, -0.25) is 0 Å². The fourth-order valence-electron chi connectivity index (χ4n) is 7.23. The number of pyridine rings is 1. The van der Waals surface area contributed by atoms with Gasteiger partial charge < -0.3 is 9.73 Å². The van der Waals surface area contributed by atoms with E-state index < -0.39 is 0 Å². The molecule has 0 unspecified atom stereocenters. The lowest BCUT2D eigenvalue weighted by Crippen LogP contribution is -1.94. The van der Waals surface area contributed by atoms with Crippen molar-refractivity contribution in [3.8, 4) is 44.8 Å². The molecule has 3 heterocycles. The largest absolute Gasteiger partial charge is 0.455 e. The topological polar surface area (TPSA) is 38.1 Å². The Balaban J connectivity index is 1.03. The quantitative estimate of drug-likeness (QED) is 0.191. The predicted molar refractivity (Wildman–Crippen MR) is 216 cm³/mol. The van der Waals surface area contributed by atoms with Gasteiger partial charge in [0.1, 0.15) is 11.2 Å². The van der Waals surface area contributed by atoms with Crippen molar-refractivity contribution in [1.29, 1.82) is 0 Å². The zero-order valence-electron chi connectivity index (χ0n) is 27.5. The van der Waals surface area contributed by atoms with Gasteiger partial charge in [0.25, 0.3) is 0 Å². The molecule has 4 heteroatoms. The Morgan fingerprint density at radius 1 is 0.451 bits per heavy atom. The molecule has 0 fully saturated rings. The second kappa shape index (κ2) is 12.1. The van der Waals surface area contributed by atoms with Gasteiger partial charge >= 0.3 is 0 Å². The third kappa shape index (κ3) is 5.16. The summed E-state index contributed by atoms with van der Waals surface area (Å²) in [5.41, 5.74) is 12.4. The van der Waals surface area contributed by atoms with E-state index in [1.165, 1.54) is 25.7 Å². The number of rotatable bonds is 6. The molecule has 0 saturated heterocycles. The van der Waals surface area contributed by atoms with E-state index in [2.05, 4.69) is 169 Å². The molecule has 0 spiro atoms. The van der Waals surface area contributed by atoms with Gasteiger partial charge in [-0.05, 0) is 53.6 Å². The molecule has 10 rings (SSSR count). The summed E-state index contributed by atoms with van der Waals surface area (Å²) < 4.78 is 8.95.